The molecule has 0 radical (unpaired) electrons. The van der Waals surface area contributed by atoms with Crippen molar-refractivity contribution >= 4 is 35.0 Å². The standard InChI is InChI=1S/C21H26ClN5O2S/c1-14-6-7-16(12-18(14)22)23-19(28)13-30-21-25-24-20(17-8-11-29-15(17)2)27(21)10-5-9-26(3)4/h6-8,11-12H,5,9-10,13H2,1-4H3,(H,23,28). The lowest BCUT2D eigenvalue weighted by atomic mass is 10.2. The Morgan fingerprint density at radius 1 is 1.27 bits per heavy atom. The summed E-state index contributed by atoms with van der Waals surface area (Å²) < 4.78 is 7.50. The van der Waals surface area contributed by atoms with Crippen LogP contribution in [0.15, 0.2) is 40.1 Å². The van der Waals surface area contributed by atoms with Crippen molar-refractivity contribution in [2.75, 3.05) is 31.7 Å². The van der Waals surface area contributed by atoms with Gasteiger partial charge in [-0.25, -0.2) is 0 Å². The summed E-state index contributed by atoms with van der Waals surface area (Å²) in [6, 6.07) is 7.37. The zero-order valence-electron chi connectivity index (χ0n) is 17.6. The molecular weight excluding hydrogens is 422 g/mol. The maximum Gasteiger partial charge on any atom is 0.234 e. The summed E-state index contributed by atoms with van der Waals surface area (Å²) in [6.45, 7) is 5.52. The van der Waals surface area contributed by atoms with Crippen LogP contribution in [0.25, 0.3) is 11.4 Å². The fourth-order valence-corrected chi connectivity index (χ4v) is 3.90. The second-order valence-corrected chi connectivity index (χ2v) is 8.66. The molecule has 0 bridgehead atoms. The minimum Gasteiger partial charge on any atom is -0.469 e. The number of benzene rings is 1. The van der Waals surface area contributed by atoms with Gasteiger partial charge in [-0.3, -0.25) is 4.79 Å². The predicted octanol–water partition coefficient (Wildman–Crippen LogP) is 4.49. The van der Waals surface area contributed by atoms with Gasteiger partial charge < -0.3 is 19.2 Å². The smallest absolute Gasteiger partial charge is 0.234 e. The first kappa shape index (κ1) is 22.4. The van der Waals surface area contributed by atoms with Crippen molar-refractivity contribution in [2.45, 2.75) is 32.0 Å². The molecule has 0 aliphatic heterocycles. The van der Waals surface area contributed by atoms with Crippen molar-refractivity contribution in [3.8, 4) is 11.4 Å². The number of rotatable bonds is 9. The molecule has 0 fully saturated rings. The lowest BCUT2D eigenvalue weighted by Gasteiger charge is -2.13. The Morgan fingerprint density at radius 3 is 2.73 bits per heavy atom. The summed E-state index contributed by atoms with van der Waals surface area (Å²) >= 11 is 7.50. The van der Waals surface area contributed by atoms with E-state index in [0.29, 0.717) is 15.9 Å². The highest BCUT2D eigenvalue weighted by atomic mass is 35.5. The lowest BCUT2D eigenvalue weighted by molar-refractivity contribution is -0.113. The molecule has 3 rings (SSSR count). The molecule has 0 aliphatic rings. The van der Waals surface area contributed by atoms with Gasteiger partial charge in [0.1, 0.15) is 5.76 Å². The monoisotopic (exact) mass is 447 g/mol. The van der Waals surface area contributed by atoms with Gasteiger partial charge in [0.25, 0.3) is 0 Å². The number of hydrogen-bond donors (Lipinski definition) is 1. The molecule has 9 heteroatoms. The van der Waals surface area contributed by atoms with E-state index < -0.39 is 0 Å². The molecule has 1 N–H and O–H groups in total. The summed E-state index contributed by atoms with van der Waals surface area (Å²) in [5.41, 5.74) is 2.56. The first-order valence-corrected chi connectivity index (χ1v) is 11.0. The first-order valence-electron chi connectivity index (χ1n) is 9.66. The summed E-state index contributed by atoms with van der Waals surface area (Å²) in [5.74, 6) is 1.65. The molecule has 0 saturated carbocycles. The van der Waals surface area contributed by atoms with Gasteiger partial charge in [-0.2, -0.15) is 0 Å². The molecule has 1 amide bonds. The van der Waals surface area contributed by atoms with E-state index in [2.05, 4.69) is 25.0 Å². The SMILES string of the molecule is Cc1ccc(NC(=O)CSc2nnc(-c3ccoc3C)n2CCCN(C)C)cc1Cl. The summed E-state index contributed by atoms with van der Waals surface area (Å²) in [5, 5.41) is 12.9. The second-order valence-electron chi connectivity index (χ2n) is 7.31. The van der Waals surface area contributed by atoms with Crippen molar-refractivity contribution in [2.24, 2.45) is 0 Å². The topological polar surface area (TPSA) is 76.2 Å². The van der Waals surface area contributed by atoms with Gasteiger partial charge in [-0.05, 0) is 64.7 Å². The highest BCUT2D eigenvalue weighted by molar-refractivity contribution is 7.99. The molecule has 1 aromatic carbocycles. The Labute approximate surface area is 185 Å². The van der Waals surface area contributed by atoms with E-state index in [1.807, 2.05) is 46.1 Å². The summed E-state index contributed by atoms with van der Waals surface area (Å²) in [7, 11) is 4.09. The van der Waals surface area contributed by atoms with Crippen LogP contribution < -0.4 is 5.32 Å². The molecule has 0 atom stereocenters. The normalized spacial score (nSPS) is 11.3. The number of aromatic nitrogens is 3. The van der Waals surface area contributed by atoms with E-state index in [0.717, 1.165) is 42.2 Å². The Morgan fingerprint density at radius 2 is 2.07 bits per heavy atom. The number of halogens is 1. The van der Waals surface area contributed by atoms with Crippen LogP contribution in [-0.4, -0.2) is 52.0 Å². The fraction of sp³-hybridized carbons (Fsp3) is 0.381. The van der Waals surface area contributed by atoms with Gasteiger partial charge in [0.05, 0.1) is 17.6 Å². The number of furan rings is 1. The molecule has 3 aromatic rings. The number of anilines is 1. The molecule has 160 valence electrons. The average molecular weight is 448 g/mol. The molecule has 0 aliphatic carbocycles. The molecule has 30 heavy (non-hydrogen) atoms. The van der Waals surface area contributed by atoms with E-state index in [-0.39, 0.29) is 11.7 Å². The van der Waals surface area contributed by atoms with E-state index >= 15 is 0 Å². The van der Waals surface area contributed by atoms with Crippen molar-refractivity contribution in [3.05, 3.63) is 46.9 Å². The number of carbonyl (C=O) groups excluding carboxylic acids is 1. The molecule has 7 nitrogen and oxygen atoms in total. The van der Waals surface area contributed by atoms with Crippen LogP contribution in [0, 0.1) is 13.8 Å². The number of aryl methyl sites for hydroxylation is 2. The van der Waals surface area contributed by atoms with Gasteiger partial charge in [-0.15, -0.1) is 10.2 Å². The number of amides is 1. The summed E-state index contributed by atoms with van der Waals surface area (Å²) in [6.07, 6.45) is 2.59. The Bertz CT molecular complexity index is 1010. The zero-order valence-corrected chi connectivity index (χ0v) is 19.2. The van der Waals surface area contributed by atoms with E-state index in [1.165, 1.54) is 11.8 Å². The zero-order chi connectivity index (χ0) is 21.7. The Hall–Kier alpha value is -2.29. The minimum atomic E-state index is -0.121. The average Bonchev–Trinajstić information content (AvgIpc) is 3.28. The molecule has 0 spiro atoms. The first-order chi connectivity index (χ1) is 14.3. The maximum absolute atomic E-state index is 12.4. The predicted molar refractivity (Wildman–Crippen MR) is 121 cm³/mol. The highest BCUT2D eigenvalue weighted by Gasteiger charge is 2.18. The van der Waals surface area contributed by atoms with Gasteiger partial charge in [0, 0.05) is 17.3 Å². The van der Waals surface area contributed by atoms with Crippen LogP contribution in [0.5, 0.6) is 0 Å². The minimum absolute atomic E-state index is 0.121. The third-order valence-electron chi connectivity index (χ3n) is 4.59. The number of thioether (sulfide) groups is 1. The number of nitrogens with one attached hydrogen (secondary N) is 1. The van der Waals surface area contributed by atoms with Gasteiger partial charge >= 0.3 is 0 Å². The molecule has 2 heterocycles. The van der Waals surface area contributed by atoms with Crippen molar-refractivity contribution in [1.82, 2.24) is 19.7 Å². The van der Waals surface area contributed by atoms with E-state index in [9.17, 15) is 4.79 Å². The Balaban J connectivity index is 1.71. The van der Waals surface area contributed by atoms with Crippen LogP contribution in [0.2, 0.25) is 5.02 Å². The number of hydrogen-bond acceptors (Lipinski definition) is 6. The summed E-state index contributed by atoms with van der Waals surface area (Å²) in [4.78, 5) is 14.6. The number of nitrogens with zero attached hydrogens (tertiary/aromatic N) is 4. The van der Waals surface area contributed by atoms with Crippen molar-refractivity contribution < 1.29 is 9.21 Å². The largest absolute Gasteiger partial charge is 0.469 e. The van der Waals surface area contributed by atoms with Crippen LogP contribution in [0.4, 0.5) is 5.69 Å². The van der Waals surface area contributed by atoms with Gasteiger partial charge in [0.2, 0.25) is 5.91 Å². The van der Waals surface area contributed by atoms with Crippen molar-refractivity contribution in [3.63, 3.8) is 0 Å². The van der Waals surface area contributed by atoms with Crippen LogP contribution in [0.3, 0.4) is 0 Å². The molecular formula is C21H26ClN5O2S. The van der Waals surface area contributed by atoms with Crippen LogP contribution >= 0.6 is 23.4 Å². The highest BCUT2D eigenvalue weighted by Crippen LogP contribution is 2.27. The van der Waals surface area contributed by atoms with Crippen LogP contribution in [-0.2, 0) is 11.3 Å². The second kappa shape index (κ2) is 10.1. The van der Waals surface area contributed by atoms with E-state index in [1.54, 1.807) is 12.3 Å². The van der Waals surface area contributed by atoms with E-state index in [4.69, 9.17) is 16.0 Å². The maximum atomic E-state index is 12.4. The lowest BCUT2D eigenvalue weighted by Crippen LogP contribution is -2.17. The van der Waals surface area contributed by atoms with Gasteiger partial charge in [0.15, 0.2) is 11.0 Å². The third-order valence-corrected chi connectivity index (χ3v) is 5.97. The fourth-order valence-electron chi connectivity index (χ4n) is 2.96. The third kappa shape index (κ3) is 5.65. The van der Waals surface area contributed by atoms with Crippen LogP contribution in [0.1, 0.15) is 17.7 Å². The van der Waals surface area contributed by atoms with Crippen molar-refractivity contribution in [1.29, 1.82) is 0 Å². The molecule has 0 saturated heterocycles. The Kier molecular flexibility index (Phi) is 7.58. The molecule has 2 aromatic heterocycles. The molecule has 0 unspecified atom stereocenters. The van der Waals surface area contributed by atoms with Gasteiger partial charge in [-0.1, -0.05) is 29.4 Å². The quantitative estimate of drug-likeness (QED) is 0.487. The number of carbonyl (C=O) groups is 1.